The molecule has 0 aliphatic heterocycles. The number of unbranched alkanes of at least 4 members (excludes halogenated alkanes) is 2. The first-order valence-electron chi connectivity index (χ1n) is 6.41. The molecule has 0 unspecified atom stereocenters. The van der Waals surface area contributed by atoms with Gasteiger partial charge in [0.15, 0.2) is 4.77 Å². The van der Waals surface area contributed by atoms with Crippen LogP contribution < -0.4 is 0 Å². The molecule has 3 nitrogen and oxygen atoms in total. The van der Waals surface area contributed by atoms with Crippen LogP contribution >= 0.6 is 12.2 Å². The first kappa shape index (κ1) is 13.3. The van der Waals surface area contributed by atoms with Gasteiger partial charge in [0.25, 0.3) is 0 Å². The number of nitrogens with one attached hydrogen (secondary N) is 1. The monoisotopic (exact) mass is 264 g/mol. The van der Waals surface area contributed by atoms with Crippen LogP contribution in [-0.4, -0.2) is 23.3 Å². The summed E-state index contributed by atoms with van der Waals surface area (Å²) in [5.41, 5.74) is 3.66. The van der Waals surface area contributed by atoms with Gasteiger partial charge in [0.2, 0.25) is 0 Å². The highest BCUT2D eigenvalue weighted by atomic mass is 32.1. The fourth-order valence-corrected chi connectivity index (χ4v) is 2.60. The van der Waals surface area contributed by atoms with Gasteiger partial charge in [-0.05, 0) is 50.0 Å². The number of nitrogens with zero attached hydrogens (tertiary/aromatic N) is 1. The van der Waals surface area contributed by atoms with Crippen LogP contribution in [-0.2, 0) is 11.3 Å². The molecular formula is C14H20N2OS. The number of para-hydroxylation sites is 1. The van der Waals surface area contributed by atoms with Crippen molar-refractivity contribution in [2.45, 2.75) is 32.7 Å². The molecule has 98 valence electrons. The predicted molar refractivity (Wildman–Crippen MR) is 77.6 cm³/mol. The Balaban J connectivity index is 2.12. The Morgan fingerprint density at radius 1 is 1.28 bits per heavy atom. The van der Waals surface area contributed by atoms with E-state index >= 15 is 0 Å². The van der Waals surface area contributed by atoms with Crippen LogP contribution in [0.4, 0.5) is 0 Å². The zero-order chi connectivity index (χ0) is 13.0. The van der Waals surface area contributed by atoms with Crippen molar-refractivity contribution in [1.29, 1.82) is 0 Å². The van der Waals surface area contributed by atoms with Crippen molar-refractivity contribution < 1.29 is 4.74 Å². The van der Waals surface area contributed by atoms with E-state index in [1.165, 1.54) is 17.5 Å². The number of aryl methyl sites for hydroxylation is 2. The lowest BCUT2D eigenvalue weighted by Gasteiger charge is -2.06. The molecule has 0 radical (unpaired) electrons. The van der Waals surface area contributed by atoms with E-state index in [9.17, 15) is 0 Å². The lowest BCUT2D eigenvalue weighted by atomic mass is 10.2. The highest BCUT2D eigenvalue weighted by Crippen LogP contribution is 2.19. The maximum absolute atomic E-state index is 5.40. The van der Waals surface area contributed by atoms with Crippen molar-refractivity contribution in [3.8, 4) is 0 Å². The van der Waals surface area contributed by atoms with Crippen molar-refractivity contribution in [2.24, 2.45) is 0 Å². The van der Waals surface area contributed by atoms with Gasteiger partial charge < -0.3 is 14.3 Å². The molecule has 2 rings (SSSR count). The van der Waals surface area contributed by atoms with Crippen molar-refractivity contribution >= 4 is 23.3 Å². The zero-order valence-corrected chi connectivity index (χ0v) is 11.8. The molecule has 0 atom stereocenters. The summed E-state index contributed by atoms with van der Waals surface area (Å²) in [6.07, 6.45) is 3.43. The summed E-state index contributed by atoms with van der Waals surface area (Å²) in [6.45, 7) is 3.96. The number of rotatable bonds is 6. The van der Waals surface area contributed by atoms with Gasteiger partial charge in [-0.2, -0.15) is 0 Å². The molecule has 0 aliphatic rings. The number of hydrogen-bond acceptors (Lipinski definition) is 2. The second kappa shape index (κ2) is 6.16. The molecule has 0 spiro atoms. The van der Waals surface area contributed by atoms with Gasteiger partial charge in [0.1, 0.15) is 0 Å². The van der Waals surface area contributed by atoms with Crippen LogP contribution in [0.15, 0.2) is 18.2 Å². The minimum atomic E-state index is 0.825. The third kappa shape index (κ3) is 2.82. The van der Waals surface area contributed by atoms with E-state index in [-0.39, 0.29) is 0 Å². The SMILES string of the molecule is COCCCCCn1c(=S)[nH]c2cccc(C)c21. The molecule has 0 aliphatic carbocycles. The molecule has 4 heteroatoms. The van der Waals surface area contributed by atoms with E-state index in [4.69, 9.17) is 17.0 Å². The number of benzene rings is 1. The molecule has 0 fully saturated rings. The molecular weight excluding hydrogens is 244 g/mol. The average Bonchev–Trinajstić information content (AvgIpc) is 2.67. The number of hydrogen-bond donors (Lipinski definition) is 1. The van der Waals surface area contributed by atoms with Gasteiger partial charge in [-0.1, -0.05) is 12.1 Å². The summed E-state index contributed by atoms with van der Waals surface area (Å²) in [5.74, 6) is 0. The van der Waals surface area contributed by atoms with Crippen LogP contribution in [0.3, 0.4) is 0 Å². The van der Waals surface area contributed by atoms with E-state index in [1.807, 2.05) is 0 Å². The molecule has 0 amide bonds. The smallest absolute Gasteiger partial charge is 0.178 e. The second-order valence-electron chi connectivity index (χ2n) is 4.61. The van der Waals surface area contributed by atoms with Crippen LogP contribution in [0.25, 0.3) is 11.0 Å². The maximum atomic E-state index is 5.40. The number of methoxy groups -OCH3 is 1. The number of imidazole rings is 1. The summed E-state index contributed by atoms with van der Waals surface area (Å²) in [5, 5.41) is 0. The third-order valence-corrected chi connectivity index (χ3v) is 3.55. The normalized spacial score (nSPS) is 11.2. The molecule has 1 N–H and O–H groups in total. The van der Waals surface area contributed by atoms with Gasteiger partial charge in [-0.15, -0.1) is 0 Å². The maximum Gasteiger partial charge on any atom is 0.178 e. The lowest BCUT2D eigenvalue weighted by Crippen LogP contribution is -2.00. The quantitative estimate of drug-likeness (QED) is 0.635. The summed E-state index contributed by atoms with van der Waals surface area (Å²) in [7, 11) is 1.75. The second-order valence-corrected chi connectivity index (χ2v) is 4.99. The molecule has 1 heterocycles. The number of ether oxygens (including phenoxy) is 1. The number of H-pyrrole nitrogens is 1. The summed E-state index contributed by atoms with van der Waals surface area (Å²) < 4.78 is 8.10. The van der Waals surface area contributed by atoms with Crippen LogP contribution in [0.1, 0.15) is 24.8 Å². The van der Waals surface area contributed by atoms with Gasteiger partial charge in [-0.3, -0.25) is 0 Å². The lowest BCUT2D eigenvalue weighted by molar-refractivity contribution is 0.191. The Morgan fingerprint density at radius 2 is 2.11 bits per heavy atom. The van der Waals surface area contributed by atoms with E-state index in [0.29, 0.717) is 0 Å². The Morgan fingerprint density at radius 3 is 2.89 bits per heavy atom. The molecule has 0 saturated carbocycles. The summed E-state index contributed by atoms with van der Waals surface area (Å²) >= 11 is 5.40. The highest BCUT2D eigenvalue weighted by molar-refractivity contribution is 7.71. The van der Waals surface area contributed by atoms with Gasteiger partial charge in [0.05, 0.1) is 11.0 Å². The fraction of sp³-hybridized carbons (Fsp3) is 0.500. The van der Waals surface area contributed by atoms with Gasteiger partial charge in [0, 0.05) is 20.3 Å². The van der Waals surface area contributed by atoms with Gasteiger partial charge >= 0.3 is 0 Å². The topological polar surface area (TPSA) is 29.9 Å². The Kier molecular flexibility index (Phi) is 4.55. The van der Waals surface area contributed by atoms with Crippen molar-refractivity contribution in [3.63, 3.8) is 0 Å². The van der Waals surface area contributed by atoms with E-state index in [2.05, 4.69) is 34.7 Å². The zero-order valence-electron chi connectivity index (χ0n) is 11.0. The summed E-state index contributed by atoms with van der Waals surface area (Å²) in [4.78, 5) is 3.27. The molecule has 2 aromatic rings. The number of fused-ring (bicyclic) bond motifs is 1. The Hall–Kier alpha value is -1.13. The van der Waals surface area contributed by atoms with Crippen molar-refractivity contribution in [1.82, 2.24) is 9.55 Å². The largest absolute Gasteiger partial charge is 0.385 e. The summed E-state index contributed by atoms with van der Waals surface area (Å²) in [6, 6.07) is 6.28. The Labute approximate surface area is 113 Å². The van der Waals surface area contributed by atoms with Crippen LogP contribution in [0, 0.1) is 11.7 Å². The molecule has 1 aromatic carbocycles. The molecule has 1 aromatic heterocycles. The standard InChI is InChI=1S/C14H20N2OS/c1-11-7-6-8-12-13(11)16(14(18)15-12)9-4-3-5-10-17-2/h6-8H,3-5,9-10H2,1-2H3,(H,15,18). The van der Waals surface area contributed by atoms with Gasteiger partial charge in [-0.25, -0.2) is 0 Å². The average molecular weight is 264 g/mol. The number of aromatic amines is 1. The predicted octanol–water partition coefficient (Wildman–Crippen LogP) is 3.82. The van der Waals surface area contributed by atoms with E-state index < -0.39 is 0 Å². The van der Waals surface area contributed by atoms with Crippen LogP contribution in [0.2, 0.25) is 0 Å². The molecule has 0 bridgehead atoms. The van der Waals surface area contributed by atoms with E-state index in [1.54, 1.807) is 7.11 Å². The first-order valence-corrected chi connectivity index (χ1v) is 6.82. The van der Waals surface area contributed by atoms with Crippen LogP contribution in [0.5, 0.6) is 0 Å². The van der Waals surface area contributed by atoms with E-state index in [0.717, 1.165) is 36.3 Å². The fourth-order valence-electron chi connectivity index (χ4n) is 2.31. The van der Waals surface area contributed by atoms with Crippen molar-refractivity contribution in [3.05, 3.63) is 28.5 Å². The molecule has 18 heavy (non-hydrogen) atoms. The first-order chi connectivity index (χ1) is 8.74. The highest BCUT2D eigenvalue weighted by Gasteiger charge is 2.05. The van der Waals surface area contributed by atoms with Crippen molar-refractivity contribution in [2.75, 3.05) is 13.7 Å². The Bertz CT molecular complexity index is 571. The third-order valence-electron chi connectivity index (χ3n) is 3.22. The molecule has 0 saturated heterocycles. The number of aromatic nitrogens is 2. The minimum Gasteiger partial charge on any atom is -0.385 e. The minimum absolute atomic E-state index is 0.825.